The Hall–Kier alpha value is -2.25. The van der Waals surface area contributed by atoms with Gasteiger partial charge in [0.05, 0.1) is 12.3 Å². The summed E-state index contributed by atoms with van der Waals surface area (Å²) in [6, 6.07) is -2.31. The lowest BCUT2D eigenvalue weighted by molar-refractivity contribution is -0.139. The van der Waals surface area contributed by atoms with Gasteiger partial charge in [-0.3, -0.25) is 19.2 Å². The summed E-state index contributed by atoms with van der Waals surface area (Å²) in [7, 11) is -2.26. The second kappa shape index (κ2) is 14.9. The molecule has 1 aliphatic rings. The maximum absolute atomic E-state index is 12.4. The Kier molecular flexibility index (Phi) is 13.0. The van der Waals surface area contributed by atoms with Gasteiger partial charge in [0.15, 0.2) is 0 Å². The molecule has 1 fully saturated rings. The zero-order chi connectivity index (χ0) is 25.7. The minimum Gasteiger partial charge on any atom is -0.480 e. The number of unbranched alkanes of at least 4 members (excludes halogenated alkanes) is 1. The highest BCUT2D eigenvalue weighted by Crippen LogP contribution is 2.18. The van der Waals surface area contributed by atoms with Crippen LogP contribution in [0.1, 0.15) is 52.4 Å². The first-order valence-electron chi connectivity index (χ1n) is 11.7. The molecular formula is C21H39N5O7S. The summed E-state index contributed by atoms with van der Waals surface area (Å²) in [5.74, 6) is -2.49. The van der Waals surface area contributed by atoms with Crippen molar-refractivity contribution in [1.29, 1.82) is 0 Å². The first-order valence-corrected chi connectivity index (χ1v) is 13.4. The average Bonchev–Trinajstić information content (AvgIpc) is 2.81. The number of carboxylic acid groups (broad SMARTS) is 1. The summed E-state index contributed by atoms with van der Waals surface area (Å²) in [4.78, 5) is 49.5. The fraction of sp³-hybridized carbons (Fsp3) is 0.810. The van der Waals surface area contributed by atoms with Gasteiger partial charge in [0, 0.05) is 20.0 Å². The van der Waals surface area contributed by atoms with Crippen LogP contribution in [0, 0.1) is 5.92 Å². The van der Waals surface area contributed by atoms with Gasteiger partial charge in [-0.1, -0.05) is 13.3 Å². The van der Waals surface area contributed by atoms with Crippen molar-refractivity contribution < 1.29 is 32.7 Å². The smallest absolute Gasteiger partial charge is 0.323 e. The summed E-state index contributed by atoms with van der Waals surface area (Å²) in [6.45, 7) is 4.36. The van der Waals surface area contributed by atoms with Gasteiger partial charge in [-0.25, -0.2) is 8.42 Å². The second-order valence-electron chi connectivity index (χ2n) is 8.62. The van der Waals surface area contributed by atoms with Crippen LogP contribution in [0.2, 0.25) is 0 Å². The van der Waals surface area contributed by atoms with Crippen LogP contribution in [0.25, 0.3) is 0 Å². The molecule has 0 aromatic carbocycles. The van der Waals surface area contributed by atoms with Crippen LogP contribution in [-0.2, 0) is 29.2 Å². The molecule has 0 aromatic heterocycles. The van der Waals surface area contributed by atoms with Gasteiger partial charge in [-0.05, 0) is 51.6 Å². The Morgan fingerprint density at radius 2 is 1.79 bits per heavy atom. The van der Waals surface area contributed by atoms with Gasteiger partial charge in [-0.2, -0.15) is 4.72 Å². The second-order valence-corrected chi connectivity index (χ2v) is 10.5. The van der Waals surface area contributed by atoms with E-state index in [4.69, 9.17) is 0 Å². The predicted molar refractivity (Wildman–Crippen MR) is 126 cm³/mol. The number of nitrogens with zero attached hydrogens (tertiary/aromatic N) is 1. The van der Waals surface area contributed by atoms with Gasteiger partial charge in [-0.15, -0.1) is 0 Å². The van der Waals surface area contributed by atoms with Crippen molar-refractivity contribution >= 4 is 33.7 Å². The minimum atomic E-state index is -3.80. The number of amides is 3. The van der Waals surface area contributed by atoms with Crippen molar-refractivity contribution in [1.82, 2.24) is 25.6 Å². The van der Waals surface area contributed by atoms with Gasteiger partial charge in [0.2, 0.25) is 27.7 Å². The van der Waals surface area contributed by atoms with E-state index in [1.54, 1.807) is 6.92 Å². The normalized spacial score (nSPS) is 16.3. The lowest BCUT2D eigenvalue weighted by Crippen LogP contribution is -2.51. The third kappa shape index (κ3) is 11.3. The third-order valence-electron chi connectivity index (χ3n) is 5.89. The van der Waals surface area contributed by atoms with Crippen LogP contribution in [0.15, 0.2) is 0 Å². The van der Waals surface area contributed by atoms with Gasteiger partial charge in [0.25, 0.3) is 0 Å². The maximum atomic E-state index is 12.4. The Labute approximate surface area is 201 Å². The maximum Gasteiger partial charge on any atom is 0.323 e. The van der Waals surface area contributed by atoms with Crippen LogP contribution in [0.4, 0.5) is 0 Å². The Morgan fingerprint density at radius 3 is 2.38 bits per heavy atom. The van der Waals surface area contributed by atoms with Crippen molar-refractivity contribution in [3.8, 4) is 0 Å². The molecule has 1 aliphatic heterocycles. The highest BCUT2D eigenvalue weighted by Gasteiger charge is 2.26. The fourth-order valence-electron chi connectivity index (χ4n) is 3.45. The lowest BCUT2D eigenvalue weighted by Gasteiger charge is -2.26. The molecule has 0 unspecified atom stereocenters. The van der Waals surface area contributed by atoms with Gasteiger partial charge >= 0.3 is 5.97 Å². The van der Waals surface area contributed by atoms with E-state index in [0.29, 0.717) is 25.2 Å². The SMILES string of the molecule is CCCCS(=O)(=O)N[C@@H](CNC(=O)CNC(=O)[C@H](C)N(C)C(=O)CCC1CCNCC1)C(=O)O. The molecule has 13 heteroatoms. The molecule has 3 amide bonds. The molecule has 0 radical (unpaired) electrons. The zero-order valence-electron chi connectivity index (χ0n) is 20.3. The number of aliphatic carboxylic acids is 1. The number of carbonyl (C=O) groups is 4. The number of carbonyl (C=O) groups excluding carboxylic acids is 3. The van der Waals surface area contributed by atoms with Crippen molar-refractivity contribution in [2.45, 2.75) is 64.5 Å². The van der Waals surface area contributed by atoms with Crippen molar-refractivity contribution in [3.05, 3.63) is 0 Å². The van der Waals surface area contributed by atoms with Crippen LogP contribution in [0.5, 0.6) is 0 Å². The van der Waals surface area contributed by atoms with Crippen molar-refractivity contribution in [2.75, 3.05) is 39.0 Å². The number of hydrogen-bond donors (Lipinski definition) is 5. The molecule has 0 aromatic rings. The first kappa shape index (κ1) is 29.8. The summed E-state index contributed by atoms with van der Waals surface area (Å²) in [5, 5.41) is 17.2. The molecule has 0 aliphatic carbocycles. The number of nitrogens with one attached hydrogen (secondary N) is 4. The number of carboxylic acids is 1. The lowest BCUT2D eigenvalue weighted by atomic mass is 9.93. The van der Waals surface area contributed by atoms with Crippen LogP contribution in [-0.4, -0.2) is 93.2 Å². The summed E-state index contributed by atoms with van der Waals surface area (Å²) >= 11 is 0. The minimum absolute atomic E-state index is 0.148. The van der Waals surface area contributed by atoms with Crippen LogP contribution in [0.3, 0.4) is 0 Å². The summed E-state index contributed by atoms with van der Waals surface area (Å²) < 4.78 is 25.9. The van der Waals surface area contributed by atoms with E-state index in [2.05, 4.69) is 20.7 Å². The largest absolute Gasteiger partial charge is 0.480 e. The van der Waals surface area contributed by atoms with E-state index in [1.807, 2.05) is 6.92 Å². The van der Waals surface area contributed by atoms with Crippen LogP contribution < -0.4 is 20.7 Å². The Morgan fingerprint density at radius 1 is 1.15 bits per heavy atom. The number of sulfonamides is 1. The van der Waals surface area contributed by atoms with E-state index in [9.17, 15) is 32.7 Å². The Balaban J connectivity index is 2.42. The molecular weight excluding hydrogens is 466 g/mol. The van der Waals surface area contributed by atoms with E-state index >= 15 is 0 Å². The Bertz CT molecular complexity index is 799. The average molecular weight is 506 g/mol. The van der Waals surface area contributed by atoms with E-state index in [1.165, 1.54) is 11.9 Å². The van der Waals surface area contributed by atoms with Crippen molar-refractivity contribution in [3.63, 3.8) is 0 Å². The third-order valence-corrected chi connectivity index (χ3v) is 7.36. The number of likely N-dealkylation sites (N-methyl/N-ethyl adjacent to an activating group) is 1. The van der Waals surface area contributed by atoms with Gasteiger partial charge < -0.3 is 26.0 Å². The predicted octanol–water partition coefficient (Wildman–Crippen LogP) is -0.982. The number of rotatable bonds is 15. The molecule has 0 bridgehead atoms. The molecule has 5 N–H and O–H groups in total. The number of piperidine rings is 1. The zero-order valence-corrected chi connectivity index (χ0v) is 21.1. The monoisotopic (exact) mass is 505 g/mol. The highest BCUT2D eigenvalue weighted by molar-refractivity contribution is 7.89. The molecule has 1 heterocycles. The topological polar surface area (TPSA) is 174 Å². The number of hydrogen-bond acceptors (Lipinski definition) is 7. The quantitative estimate of drug-likeness (QED) is 0.189. The summed E-state index contributed by atoms with van der Waals surface area (Å²) in [6.07, 6.45) is 4.20. The van der Waals surface area contributed by atoms with Crippen LogP contribution >= 0.6 is 0 Å². The highest BCUT2D eigenvalue weighted by atomic mass is 32.2. The van der Waals surface area contributed by atoms with Crippen molar-refractivity contribution in [2.24, 2.45) is 5.92 Å². The molecule has 196 valence electrons. The molecule has 12 nitrogen and oxygen atoms in total. The first-order chi connectivity index (χ1) is 16.0. The molecule has 0 saturated carbocycles. The fourth-order valence-corrected chi connectivity index (χ4v) is 4.85. The standard InChI is InChI=1S/C21H39N5O7S/c1-4-5-12-34(32,33)25-17(21(30)31)13-23-18(27)14-24-20(29)15(2)26(3)19(28)7-6-16-8-10-22-11-9-16/h15-17,22,25H,4-14H2,1-3H3,(H,23,27)(H,24,29)(H,30,31)/t15-,17-/m0/s1. The molecule has 1 saturated heterocycles. The molecule has 1 rings (SSSR count). The molecule has 0 spiro atoms. The summed E-state index contributed by atoms with van der Waals surface area (Å²) in [5.41, 5.74) is 0. The van der Waals surface area contributed by atoms with E-state index in [0.717, 1.165) is 32.4 Å². The van der Waals surface area contributed by atoms with E-state index < -0.39 is 53.0 Å². The van der Waals surface area contributed by atoms with E-state index in [-0.39, 0.29) is 11.7 Å². The molecule has 2 atom stereocenters. The van der Waals surface area contributed by atoms with Gasteiger partial charge in [0.1, 0.15) is 12.1 Å². The molecule has 34 heavy (non-hydrogen) atoms.